The molecule has 0 aliphatic carbocycles. The van der Waals surface area contributed by atoms with E-state index in [1.807, 2.05) is 17.0 Å². The van der Waals surface area contributed by atoms with Crippen LogP contribution in [0.1, 0.15) is 30.1 Å². The number of morpholine rings is 2. The summed E-state index contributed by atoms with van der Waals surface area (Å²) in [5.41, 5.74) is 0.669. The van der Waals surface area contributed by atoms with Crippen LogP contribution in [0.3, 0.4) is 0 Å². The Hall–Kier alpha value is -1.70. The van der Waals surface area contributed by atoms with Gasteiger partial charge in [0, 0.05) is 45.0 Å². The van der Waals surface area contributed by atoms with E-state index in [1.165, 1.54) is 6.42 Å². The molecule has 3 saturated heterocycles. The van der Waals surface area contributed by atoms with E-state index in [2.05, 4.69) is 21.7 Å². The number of fused-ring (bicyclic) bond motifs is 1. The lowest BCUT2D eigenvalue weighted by Gasteiger charge is -2.48. The van der Waals surface area contributed by atoms with Crippen LogP contribution >= 0.6 is 0 Å². The molecule has 148 valence electrons. The van der Waals surface area contributed by atoms with Crippen molar-refractivity contribution in [1.29, 1.82) is 0 Å². The Kier molecular flexibility index (Phi) is 5.90. The monoisotopic (exact) mass is 374 g/mol. The van der Waals surface area contributed by atoms with Gasteiger partial charge in [0.2, 0.25) is 0 Å². The molecule has 0 saturated carbocycles. The third kappa shape index (κ3) is 4.10. The molecule has 1 amide bonds. The highest BCUT2D eigenvalue weighted by Crippen LogP contribution is 2.23. The number of pyridine rings is 1. The van der Waals surface area contributed by atoms with Crippen molar-refractivity contribution < 1.29 is 14.3 Å². The van der Waals surface area contributed by atoms with E-state index in [1.54, 1.807) is 6.20 Å². The fraction of sp³-hybridized carbons (Fsp3) is 0.700. The van der Waals surface area contributed by atoms with Gasteiger partial charge in [-0.25, -0.2) is 4.98 Å². The molecule has 3 aliphatic heterocycles. The highest BCUT2D eigenvalue weighted by Gasteiger charge is 2.36. The summed E-state index contributed by atoms with van der Waals surface area (Å²) in [7, 11) is 0. The minimum atomic E-state index is 0.0771. The van der Waals surface area contributed by atoms with Crippen LogP contribution in [0.25, 0.3) is 0 Å². The first-order valence-corrected chi connectivity index (χ1v) is 10.2. The maximum atomic E-state index is 13.0. The van der Waals surface area contributed by atoms with Crippen LogP contribution in [0.2, 0.25) is 0 Å². The van der Waals surface area contributed by atoms with E-state index < -0.39 is 0 Å². The second kappa shape index (κ2) is 8.54. The Morgan fingerprint density at radius 3 is 2.74 bits per heavy atom. The summed E-state index contributed by atoms with van der Waals surface area (Å²) in [6.45, 7) is 9.38. The largest absolute Gasteiger partial charge is 0.378 e. The van der Waals surface area contributed by atoms with Gasteiger partial charge < -0.3 is 19.3 Å². The number of hydrogen-bond acceptors (Lipinski definition) is 6. The molecule has 3 fully saturated rings. The summed E-state index contributed by atoms with van der Waals surface area (Å²) in [6, 6.07) is 4.67. The first-order chi connectivity index (χ1) is 13.3. The second-order valence-corrected chi connectivity index (χ2v) is 7.63. The average molecular weight is 374 g/mol. The molecule has 0 spiro atoms. The number of anilines is 1. The van der Waals surface area contributed by atoms with Gasteiger partial charge in [-0.2, -0.15) is 0 Å². The number of carbonyl (C=O) groups is 1. The van der Waals surface area contributed by atoms with Gasteiger partial charge in [0.25, 0.3) is 5.91 Å². The Bertz CT molecular complexity index is 631. The molecule has 0 unspecified atom stereocenters. The van der Waals surface area contributed by atoms with Gasteiger partial charge in [-0.3, -0.25) is 9.69 Å². The minimum absolute atomic E-state index is 0.0771. The van der Waals surface area contributed by atoms with Crippen LogP contribution < -0.4 is 4.90 Å². The molecular weight excluding hydrogens is 344 g/mol. The number of hydrogen-bond donors (Lipinski definition) is 0. The fourth-order valence-corrected chi connectivity index (χ4v) is 4.38. The third-order valence-electron chi connectivity index (χ3n) is 5.86. The SMILES string of the molecule is CCC[C@H]1COC[C@H]2CN(C(=O)c3ccc(N4CCOCC4)nc3)CCN12. The molecular formula is C20H30N4O3. The number of piperazine rings is 1. The Morgan fingerprint density at radius 2 is 2.00 bits per heavy atom. The number of nitrogens with zero attached hydrogens (tertiary/aromatic N) is 4. The lowest BCUT2D eigenvalue weighted by molar-refractivity contribution is -0.0776. The summed E-state index contributed by atoms with van der Waals surface area (Å²) in [5, 5.41) is 0. The molecule has 27 heavy (non-hydrogen) atoms. The topological polar surface area (TPSA) is 58.1 Å². The highest BCUT2D eigenvalue weighted by atomic mass is 16.5. The molecule has 1 aromatic heterocycles. The molecule has 0 N–H and O–H groups in total. The van der Waals surface area contributed by atoms with Crippen LogP contribution in [-0.4, -0.2) is 91.9 Å². The first-order valence-electron chi connectivity index (χ1n) is 10.2. The van der Waals surface area contributed by atoms with E-state index in [0.29, 0.717) is 17.6 Å². The van der Waals surface area contributed by atoms with Crippen LogP contribution in [0, 0.1) is 0 Å². The van der Waals surface area contributed by atoms with Crippen molar-refractivity contribution in [3.8, 4) is 0 Å². The summed E-state index contributed by atoms with van der Waals surface area (Å²) in [5.74, 6) is 0.996. The van der Waals surface area contributed by atoms with Crippen molar-refractivity contribution in [2.24, 2.45) is 0 Å². The quantitative estimate of drug-likeness (QED) is 0.791. The zero-order valence-corrected chi connectivity index (χ0v) is 16.2. The first kappa shape index (κ1) is 18.7. The van der Waals surface area contributed by atoms with Crippen molar-refractivity contribution in [3.63, 3.8) is 0 Å². The van der Waals surface area contributed by atoms with Crippen molar-refractivity contribution in [2.45, 2.75) is 31.8 Å². The Morgan fingerprint density at radius 1 is 1.15 bits per heavy atom. The normalized spacial score (nSPS) is 26.7. The molecule has 7 nitrogen and oxygen atoms in total. The summed E-state index contributed by atoms with van der Waals surface area (Å²) >= 11 is 0. The Balaban J connectivity index is 1.38. The van der Waals surface area contributed by atoms with Gasteiger partial charge in [0.1, 0.15) is 5.82 Å². The molecule has 0 bridgehead atoms. The van der Waals surface area contributed by atoms with Crippen molar-refractivity contribution in [1.82, 2.24) is 14.8 Å². The van der Waals surface area contributed by atoms with E-state index in [-0.39, 0.29) is 5.91 Å². The molecule has 0 radical (unpaired) electrons. The molecule has 3 aliphatic rings. The summed E-state index contributed by atoms with van der Waals surface area (Å²) in [4.78, 5) is 24.2. The highest BCUT2D eigenvalue weighted by molar-refractivity contribution is 5.94. The van der Waals surface area contributed by atoms with E-state index in [9.17, 15) is 4.79 Å². The van der Waals surface area contributed by atoms with Crippen molar-refractivity contribution in [2.75, 3.05) is 64.1 Å². The van der Waals surface area contributed by atoms with E-state index >= 15 is 0 Å². The lowest BCUT2D eigenvalue weighted by Crippen LogP contribution is -2.62. The number of aromatic nitrogens is 1. The average Bonchev–Trinajstić information content (AvgIpc) is 2.74. The number of rotatable bonds is 4. The third-order valence-corrected chi connectivity index (χ3v) is 5.86. The number of carbonyl (C=O) groups excluding carboxylic acids is 1. The molecule has 4 heterocycles. The zero-order valence-electron chi connectivity index (χ0n) is 16.2. The minimum Gasteiger partial charge on any atom is -0.378 e. The smallest absolute Gasteiger partial charge is 0.255 e. The van der Waals surface area contributed by atoms with Gasteiger partial charge in [-0.05, 0) is 18.6 Å². The maximum absolute atomic E-state index is 13.0. The number of amides is 1. The summed E-state index contributed by atoms with van der Waals surface area (Å²) < 4.78 is 11.2. The summed E-state index contributed by atoms with van der Waals surface area (Å²) in [6.07, 6.45) is 4.05. The molecule has 4 rings (SSSR count). The van der Waals surface area contributed by atoms with Gasteiger partial charge >= 0.3 is 0 Å². The second-order valence-electron chi connectivity index (χ2n) is 7.63. The zero-order chi connectivity index (χ0) is 18.6. The van der Waals surface area contributed by atoms with Gasteiger partial charge in [-0.1, -0.05) is 13.3 Å². The molecule has 0 aromatic carbocycles. The maximum Gasteiger partial charge on any atom is 0.255 e. The molecule has 7 heteroatoms. The van der Waals surface area contributed by atoms with Gasteiger partial charge in [0.05, 0.1) is 38.0 Å². The molecule has 1 aromatic rings. The van der Waals surface area contributed by atoms with Gasteiger partial charge in [-0.15, -0.1) is 0 Å². The van der Waals surface area contributed by atoms with Crippen LogP contribution in [-0.2, 0) is 9.47 Å². The van der Waals surface area contributed by atoms with E-state index in [0.717, 1.165) is 71.4 Å². The molecule has 2 atom stereocenters. The fourth-order valence-electron chi connectivity index (χ4n) is 4.38. The van der Waals surface area contributed by atoms with Crippen molar-refractivity contribution >= 4 is 11.7 Å². The van der Waals surface area contributed by atoms with Gasteiger partial charge in [0.15, 0.2) is 0 Å². The van der Waals surface area contributed by atoms with E-state index in [4.69, 9.17) is 9.47 Å². The number of ether oxygens (including phenoxy) is 2. The van der Waals surface area contributed by atoms with Crippen molar-refractivity contribution in [3.05, 3.63) is 23.9 Å². The lowest BCUT2D eigenvalue weighted by atomic mass is 10.0. The predicted molar refractivity (Wildman–Crippen MR) is 103 cm³/mol. The van der Waals surface area contributed by atoms with Crippen LogP contribution in [0.4, 0.5) is 5.82 Å². The predicted octanol–water partition coefficient (Wildman–Crippen LogP) is 1.24. The standard InChI is InChI=1S/C20H30N4O3/c1-2-3-17-14-27-15-18-13-23(6-7-24(17)18)20(25)16-4-5-19(21-12-16)22-8-10-26-11-9-22/h4-5,12,17-18H,2-3,6-11,13-15H2,1H3/t17-,18+/m0/s1. The Labute approximate surface area is 161 Å². The van der Waals surface area contributed by atoms with Crippen LogP contribution in [0.15, 0.2) is 18.3 Å². The van der Waals surface area contributed by atoms with Crippen LogP contribution in [0.5, 0.6) is 0 Å².